The molecule has 0 aliphatic heterocycles. The molecule has 0 radical (unpaired) electrons. The number of hydrogen-bond donors (Lipinski definition) is 1. The lowest BCUT2D eigenvalue weighted by Crippen LogP contribution is -2.20. The average molecular weight is 328 g/mol. The largest absolute Gasteiger partial charge is 0.273 e. The Bertz CT molecular complexity index is 747. The monoisotopic (exact) mass is 328 g/mol. The van der Waals surface area contributed by atoms with E-state index in [4.69, 9.17) is 0 Å². The fraction of sp³-hybridized carbons (Fsp3) is 0.222. The van der Waals surface area contributed by atoms with Crippen LogP contribution >= 0.6 is 11.8 Å². The van der Waals surface area contributed by atoms with Gasteiger partial charge in [0.1, 0.15) is 5.82 Å². The van der Waals surface area contributed by atoms with E-state index >= 15 is 0 Å². The highest BCUT2D eigenvalue weighted by molar-refractivity contribution is 7.98. The average Bonchev–Trinajstić information content (AvgIpc) is 3.36. The predicted molar refractivity (Wildman–Crippen MR) is 91.2 cm³/mol. The van der Waals surface area contributed by atoms with Gasteiger partial charge >= 0.3 is 0 Å². The molecule has 0 heterocycles. The highest BCUT2D eigenvalue weighted by Gasteiger charge is 2.45. The number of nitrogens with one attached hydrogen (secondary N) is 1. The highest BCUT2D eigenvalue weighted by atomic mass is 32.2. The number of hydrogen-bond acceptors (Lipinski definition) is 3. The maximum Gasteiger partial charge on any atom is 0.243 e. The van der Waals surface area contributed by atoms with Gasteiger partial charge in [-0.25, -0.2) is 9.82 Å². The molecule has 1 N–H and O–H groups in total. The second-order valence-corrected chi connectivity index (χ2v) is 6.36. The standard InChI is InChI=1S/C18H17FN2OS/c1-23-13-6-4-5-12(9-13)11-20-21-18(22)16-10-15(16)14-7-2-3-8-17(14)19/h2-9,11,15-16H,10H2,1H3,(H,21,22). The Labute approximate surface area is 139 Å². The van der Waals surface area contributed by atoms with E-state index in [0.717, 1.165) is 10.5 Å². The number of amides is 1. The van der Waals surface area contributed by atoms with Crippen LogP contribution < -0.4 is 5.43 Å². The second kappa shape index (κ2) is 6.96. The maximum absolute atomic E-state index is 13.7. The molecule has 0 saturated heterocycles. The van der Waals surface area contributed by atoms with Crippen LogP contribution in [-0.4, -0.2) is 18.4 Å². The predicted octanol–water partition coefficient (Wildman–Crippen LogP) is 3.80. The van der Waals surface area contributed by atoms with Crippen molar-refractivity contribution >= 4 is 23.9 Å². The van der Waals surface area contributed by atoms with Crippen LogP contribution in [0, 0.1) is 11.7 Å². The number of nitrogens with zero attached hydrogens (tertiary/aromatic N) is 1. The molecule has 0 aromatic heterocycles. The second-order valence-electron chi connectivity index (χ2n) is 5.48. The SMILES string of the molecule is CSc1cccc(C=NNC(=O)C2CC2c2ccccc2F)c1. The molecular formula is C18H17FN2OS. The summed E-state index contributed by atoms with van der Waals surface area (Å²) in [6.07, 6.45) is 4.30. The van der Waals surface area contributed by atoms with E-state index in [1.165, 1.54) is 6.07 Å². The van der Waals surface area contributed by atoms with E-state index in [2.05, 4.69) is 10.5 Å². The molecule has 2 aromatic carbocycles. The Morgan fingerprint density at radius 3 is 2.91 bits per heavy atom. The number of halogens is 1. The third-order valence-electron chi connectivity index (χ3n) is 3.91. The molecular weight excluding hydrogens is 311 g/mol. The van der Waals surface area contributed by atoms with Crippen molar-refractivity contribution in [2.24, 2.45) is 11.0 Å². The number of rotatable bonds is 5. The quantitative estimate of drug-likeness (QED) is 0.515. The molecule has 1 fully saturated rings. The van der Waals surface area contributed by atoms with Gasteiger partial charge in [0.15, 0.2) is 0 Å². The van der Waals surface area contributed by atoms with Gasteiger partial charge in [0.05, 0.1) is 6.21 Å². The molecule has 5 heteroatoms. The number of benzene rings is 2. The normalized spacial score (nSPS) is 19.7. The minimum Gasteiger partial charge on any atom is -0.273 e. The third kappa shape index (κ3) is 3.79. The molecule has 118 valence electrons. The van der Waals surface area contributed by atoms with Crippen molar-refractivity contribution in [2.75, 3.05) is 6.26 Å². The summed E-state index contributed by atoms with van der Waals surface area (Å²) in [6.45, 7) is 0. The van der Waals surface area contributed by atoms with E-state index in [9.17, 15) is 9.18 Å². The van der Waals surface area contributed by atoms with Gasteiger partial charge in [-0.3, -0.25) is 4.79 Å². The fourth-order valence-corrected chi connectivity index (χ4v) is 3.05. The third-order valence-corrected chi connectivity index (χ3v) is 4.64. The summed E-state index contributed by atoms with van der Waals surface area (Å²) in [5.41, 5.74) is 4.10. The molecule has 23 heavy (non-hydrogen) atoms. The number of thioether (sulfide) groups is 1. The van der Waals surface area contributed by atoms with Gasteiger partial charge in [-0.1, -0.05) is 30.3 Å². The zero-order chi connectivity index (χ0) is 16.2. The van der Waals surface area contributed by atoms with Crippen LogP contribution in [0.4, 0.5) is 4.39 Å². The number of carbonyl (C=O) groups excluding carboxylic acids is 1. The maximum atomic E-state index is 13.7. The molecule has 3 nitrogen and oxygen atoms in total. The molecule has 1 aliphatic rings. The summed E-state index contributed by atoms with van der Waals surface area (Å²) in [7, 11) is 0. The molecule has 2 unspecified atom stereocenters. The molecule has 2 atom stereocenters. The molecule has 0 bridgehead atoms. The lowest BCUT2D eigenvalue weighted by Gasteiger charge is -2.02. The zero-order valence-electron chi connectivity index (χ0n) is 12.7. The molecule has 3 rings (SSSR count). The van der Waals surface area contributed by atoms with Crippen molar-refractivity contribution in [2.45, 2.75) is 17.2 Å². The van der Waals surface area contributed by atoms with Crippen LogP contribution in [0.2, 0.25) is 0 Å². The van der Waals surface area contributed by atoms with Gasteiger partial charge < -0.3 is 0 Å². The Hall–Kier alpha value is -2.14. The van der Waals surface area contributed by atoms with Crippen LogP contribution in [0.3, 0.4) is 0 Å². The van der Waals surface area contributed by atoms with E-state index < -0.39 is 0 Å². The summed E-state index contributed by atoms with van der Waals surface area (Å²) in [5.74, 6) is -0.631. The van der Waals surface area contributed by atoms with Crippen LogP contribution in [0.1, 0.15) is 23.5 Å². The Morgan fingerprint density at radius 2 is 2.13 bits per heavy atom. The minimum absolute atomic E-state index is 0.0359. The smallest absolute Gasteiger partial charge is 0.243 e. The lowest BCUT2D eigenvalue weighted by atomic mass is 10.1. The molecule has 0 spiro atoms. The minimum atomic E-state index is -0.245. The lowest BCUT2D eigenvalue weighted by molar-refractivity contribution is -0.122. The summed E-state index contributed by atoms with van der Waals surface area (Å²) in [4.78, 5) is 13.2. The van der Waals surface area contributed by atoms with Crippen molar-refractivity contribution < 1.29 is 9.18 Å². The first-order chi connectivity index (χ1) is 11.2. The molecule has 1 aliphatic carbocycles. The van der Waals surface area contributed by atoms with Crippen molar-refractivity contribution in [3.05, 3.63) is 65.5 Å². The summed E-state index contributed by atoms with van der Waals surface area (Å²) < 4.78 is 13.7. The first-order valence-electron chi connectivity index (χ1n) is 7.40. The van der Waals surface area contributed by atoms with Gasteiger partial charge in [-0.05, 0) is 47.9 Å². The van der Waals surface area contributed by atoms with Crippen molar-refractivity contribution in [3.63, 3.8) is 0 Å². The van der Waals surface area contributed by atoms with Crippen LogP contribution in [-0.2, 0) is 4.79 Å². The topological polar surface area (TPSA) is 41.5 Å². The van der Waals surface area contributed by atoms with Crippen molar-refractivity contribution in [1.29, 1.82) is 0 Å². The van der Waals surface area contributed by atoms with E-state index in [1.807, 2.05) is 30.5 Å². The van der Waals surface area contributed by atoms with Gasteiger partial charge in [0.2, 0.25) is 5.91 Å². The summed E-state index contributed by atoms with van der Waals surface area (Å²) in [6, 6.07) is 14.5. The highest BCUT2D eigenvalue weighted by Crippen LogP contribution is 2.48. The van der Waals surface area contributed by atoms with Crippen LogP contribution in [0.5, 0.6) is 0 Å². The van der Waals surface area contributed by atoms with Gasteiger partial charge in [-0.2, -0.15) is 5.10 Å². The molecule has 1 amide bonds. The summed E-state index contributed by atoms with van der Waals surface area (Å²) in [5, 5.41) is 4.00. The molecule has 1 saturated carbocycles. The van der Waals surface area contributed by atoms with Gasteiger partial charge in [0, 0.05) is 10.8 Å². The Balaban J connectivity index is 1.56. The van der Waals surface area contributed by atoms with Crippen LogP contribution in [0.25, 0.3) is 0 Å². The fourth-order valence-electron chi connectivity index (χ4n) is 2.58. The van der Waals surface area contributed by atoms with Gasteiger partial charge in [0.25, 0.3) is 0 Å². The van der Waals surface area contributed by atoms with Crippen molar-refractivity contribution in [1.82, 2.24) is 5.43 Å². The van der Waals surface area contributed by atoms with Crippen LogP contribution in [0.15, 0.2) is 58.5 Å². The zero-order valence-corrected chi connectivity index (χ0v) is 13.5. The Kier molecular flexibility index (Phi) is 4.76. The Morgan fingerprint density at radius 1 is 1.30 bits per heavy atom. The van der Waals surface area contributed by atoms with E-state index in [1.54, 1.807) is 36.2 Å². The first-order valence-corrected chi connectivity index (χ1v) is 8.63. The van der Waals surface area contributed by atoms with Crippen molar-refractivity contribution in [3.8, 4) is 0 Å². The number of carbonyl (C=O) groups is 1. The number of hydrazone groups is 1. The summed E-state index contributed by atoms with van der Waals surface area (Å²) >= 11 is 1.65. The first kappa shape index (κ1) is 15.7. The van der Waals surface area contributed by atoms with E-state index in [-0.39, 0.29) is 23.6 Å². The van der Waals surface area contributed by atoms with Gasteiger partial charge in [-0.15, -0.1) is 11.8 Å². The van der Waals surface area contributed by atoms with E-state index in [0.29, 0.717) is 12.0 Å². The molecule has 2 aromatic rings.